The number of rotatable bonds is 8. The maximum absolute atomic E-state index is 12.4. The van der Waals surface area contributed by atoms with Crippen molar-refractivity contribution in [2.24, 2.45) is 0 Å². The zero-order valence-corrected chi connectivity index (χ0v) is 15.1. The van der Waals surface area contributed by atoms with Crippen LogP contribution in [0, 0.1) is 0 Å². The number of benzene rings is 1. The second-order valence-corrected chi connectivity index (χ2v) is 6.97. The van der Waals surface area contributed by atoms with E-state index in [0.717, 1.165) is 0 Å². The lowest BCUT2D eigenvalue weighted by molar-refractivity contribution is 0.229. The van der Waals surface area contributed by atoms with Crippen molar-refractivity contribution in [1.29, 1.82) is 0 Å². The highest BCUT2D eigenvalue weighted by Gasteiger charge is 2.18. The van der Waals surface area contributed by atoms with Crippen LogP contribution < -0.4 is 11.2 Å². The van der Waals surface area contributed by atoms with Gasteiger partial charge in [0.25, 0.3) is 5.56 Å². The van der Waals surface area contributed by atoms with E-state index in [4.69, 9.17) is 9.05 Å². The Morgan fingerprint density at radius 2 is 1.76 bits per heavy atom. The highest BCUT2D eigenvalue weighted by molar-refractivity contribution is 7.57. The quantitative estimate of drug-likeness (QED) is 0.727. The summed E-state index contributed by atoms with van der Waals surface area (Å²) in [7, 11) is -3.32. The topological polar surface area (TPSA) is 90.4 Å². The van der Waals surface area contributed by atoms with Crippen molar-refractivity contribution in [3.8, 4) is 11.1 Å². The summed E-state index contributed by atoms with van der Waals surface area (Å²) in [5.41, 5.74) is 0.0879. The molecule has 0 saturated carbocycles. The SMILES string of the molecule is CCOP(=O)(/C=C/Cn1cc(-c2ccccc2)c(=O)[nH]c1=O)OCC. The van der Waals surface area contributed by atoms with Crippen LogP contribution in [0.2, 0.25) is 0 Å². The second-order valence-electron chi connectivity index (χ2n) is 5.08. The van der Waals surface area contributed by atoms with Crippen LogP contribution in [0.4, 0.5) is 0 Å². The van der Waals surface area contributed by atoms with Gasteiger partial charge in [0.05, 0.1) is 18.8 Å². The first-order valence-electron chi connectivity index (χ1n) is 7.94. The molecule has 0 aliphatic rings. The summed E-state index contributed by atoms with van der Waals surface area (Å²) >= 11 is 0. The third-order valence-corrected chi connectivity index (χ3v) is 5.12. The van der Waals surface area contributed by atoms with Gasteiger partial charge >= 0.3 is 13.3 Å². The molecule has 1 heterocycles. The Labute approximate surface area is 145 Å². The minimum Gasteiger partial charge on any atom is -0.306 e. The van der Waals surface area contributed by atoms with E-state index in [-0.39, 0.29) is 19.8 Å². The Balaban J connectivity index is 2.28. The number of aromatic nitrogens is 2. The minimum atomic E-state index is -3.32. The average Bonchev–Trinajstić information content (AvgIpc) is 2.58. The van der Waals surface area contributed by atoms with Crippen molar-refractivity contribution in [1.82, 2.24) is 9.55 Å². The van der Waals surface area contributed by atoms with Crippen molar-refractivity contribution >= 4 is 7.60 Å². The van der Waals surface area contributed by atoms with Crippen LogP contribution in [-0.2, 0) is 20.2 Å². The third-order valence-electron chi connectivity index (χ3n) is 3.30. The zero-order chi connectivity index (χ0) is 18.3. The zero-order valence-electron chi connectivity index (χ0n) is 14.2. The fourth-order valence-electron chi connectivity index (χ4n) is 2.24. The van der Waals surface area contributed by atoms with Crippen molar-refractivity contribution in [3.63, 3.8) is 0 Å². The highest BCUT2D eigenvalue weighted by Crippen LogP contribution is 2.49. The Kier molecular flexibility index (Phi) is 6.70. The van der Waals surface area contributed by atoms with Crippen LogP contribution in [0.3, 0.4) is 0 Å². The summed E-state index contributed by atoms with van der Waals surface area (Å²) in [5, 5.41) is 0. The lowest BCUT2D eigenvalue weighted by Crippen LogP contribution is -2.30. The molecule has 2 aromatic rings. The van der Waals surface area contributed by atoms with Crippen LogP contribution in [0.1, 0.15) is 13.8 Å². The van der Waals surface area contributed by atoms with Gasteiger partial charge in [-0.15, -0.1) is 0 Å². The fourth-order valence-corrected chi connectivity index (χ4v) is 3.56. The van der Waals surface area contributed by atoms with Gasteiger partial charge < -0.3 is 9.05 Å². The van der Waals surface area contributed by atoms with Crippen LogP contribution in [-0.4, -0.2) is 22.8 Å². The van der Waals surface area contributed by atoms with Crippen molar-refractivity contribution in [2.45, 2.75) is 20.4 Å². The molecule has 0 saturated heterocycles. The summed E-state index contributed by atoms with van der Waals surface area (Å²) in [5.74, 6) is 1.33. The van der Waals surface area contributed by atoms with Crippen molar-refractivity contribution in [3.05, 3.63) is 69.3 Å². The number of nitrogens with zero attached hydrogens (tertiary/aromatic N) is 1. The number of hydrogen-bond donors (Lipinski definition) is 1. The summed E-state index contributed by atoms with van der Waals surface area (Å²) in [6, 6.07) is 9.03. The molecule has 2 rings (SSSR count). The van der Waals surface area contributed by atoms with E-state index in [1.54, 1.807) is 26.0 Å². The summed E-state index contributed by atoms with van der Waals surface area (Å²) in [6.45, 7) is 4.06. The molecule has 1 aromatic heterocycles. The van der Waals surface area contributed by atoms with Gasteiger partial charge in [0.15, 0.2) is 0 Å². The molecule has 7 nitrogen and oxygen atoms in total. The maximum atomic E-state index is 12.4. The predicted octanol–water partition coefficient (Wildman–Crippen LogP) is 2.98. The molecule has 134 valence electrons. The molecule has 0 bridgehead atoms. The molecular weight excluding hydrogens is 343 g/mol. The maximum Gasteiger partial charge on any atom is 0.353 e. The van der Waals surface area contributed by atoms with Crippen LogP contribution in [0.5, 0.6) is 0 Å². The molecular formula is C17H21N2O5P. The number of allylic oxidation sites excluding steroid dienone is 1. The monoisotopic (exact) mass is 364 g/mol. The Morgan fingerprint density at radius 1 is 1.12 bits per heavy atom. The first-order chi connectivity index (χ1) is 12.0. The van der Waals surface area contributed by atoms with E-state index in [2.05, 4.69) is 4.98 Å². The van der Waals surface area contributed by atoms with Gasteiger partial charge in [-0.3, -0.25) is 18.9 Å². The van der Waals surface area contributed by atoms with Crippen molar-refractivity contribution < 1.29 is 13.6 Å². The van der Waals surface area contributed by atoms with E-state index < -0.39 is 18.8 Å². The van der Waals surface area contributed by atoms with E-state index in [1.807, 2.05) is 18.2 Å². The van der Waals surface area contributed by atoms with Gasteiger partial charge in [-0.25, -0.2) is 4.79 Å². The standard InChI is InChI=1S/C17H21N2O5P/c1-3-23-25(22,24-4-2)12-8-11-19-13-15(16(20)18-17(19)21)14-9-6-5-7-10-14/h5-10,12-13H,3-4,11H2,1-2H3,(H,18,20,21)/b12-8+. The highest BCUT2D eigenvalue weighted by atomic mass is 31.2. The Morgan fingerprint density at radius 3 is 2.36 bits per heavy atom. The molecule has 0 fully saturated rings. The smallest absolute Gasteiger partial charge is 0.306 e. The van der Waals surface area contributed by atoms with Crippen molar-refractivity contribution in [2.75, 3.05) is 13.2 Å². The van der Waals surface area contributed by atoms with Gasteiger partial charge in [-0.1, -0.05) is 36.4 Å². The van der Waals surface area contributed by atoms with E-state index in [9.17, 15) is 14.2 Å². The molecule has 0 spiro atoms. The summed E-state index contributed by atoms with van der Waals surface area (Å²) in [4.78, 5) is 26.3. The summed E-state index contributed by atoms with van der Waals surface area (Å²) < 4.78 is 24.0. The van der Waals surface area contributed by atoms with Crippen LogP contribution in [0.25, 0.3) is 11.1 Å². The second kappa shape index (κ2) is 8.76. The number of nitrogens with one attached hydrogen (secondary N) is 1. The van der Waals surface area contributed by atoms with Gasteiger partial charge in [0, 0.05) is 18.6 Å². The van der Waals surface area contributed by atoms with Gasteiger partial charge in [-0.2, -0.15) is 0 Å². The molecule has 0 unspecified atom stereocenters. The minimum absolute atomic E-state index is 0.125. The molecule has 25 heavy (non-hydrogen) atoms. The molecule has 0 atom stereocenters. The van der Waals surface area contributed by atoms with Gasteiger partial charge in [-0.05, 0) is 19.4 Å². The normalized spacial score (nSPS) is 11.9. The van der Waals surface area contributed by atoms with E-state index >= 15 is 0 Å². The van der Waals surface area contributed by atoms with Crippen LogP contribution >= 0.6 is 7.60 Å². The van der Waals surface area contributed by atoms with Gasteiger partial charge in [0.1, 0.15) is 0 Å². The summed E-state index contributed by atoms with van der Waals surface area (Å²) in [6.07, 6.45) is 3.01. The van der Waals surface area contributed by atoms with Gasteiger partial charge in [0.2, 0.25) is 0 Å². The third kappa shape index (κ3) is 5.13. The van der Waals surface area contributed by atoms with E-state index in [1.165, 1.54) is 22.7 Å². The van der Waals surface area contributed by atoms with E-state index in [0.29, 0.717) is 11.1 Å². The number of hydrogen-bond acceptors (Lipinski definition) is 5. The lowest BCUT2D eigenvalue weighted by atomic mass is 10.1. The number of H-pyrrole nitrogens is 1. The lowest BCUT2D eigenvalue weighted by Gasteiger charge is -2.12. The molecule has 0 aliphatic carbocycles. The molecule has 1 N–H and O–H groups in total. The Bertz CT molecular complexity index is 876. The molecule has 8 heteroatoms. The first kappa shape index (κ1) is 19.1. The molecule has 0 amide bonds. The Hall–Kier alpha value is -2.21. The molecule has 1 aromatic carbocycles. The van der Waals surface area contributed by atoms with Crippen LogP contribution in [0.15, 0.2) is 58.0 Å². The molecule has 0 aliphatic heterocycles. The average molecular weight is 364 g/mol. The number of aromatic amines is 1. The first-order valence-corrected chi connectivity index (χ1v) is 9.56. The fraction of sp³-hybridized carbons (Fsp3) is 0.294. The predicted molar refractivity (Wildman–Crippen MR) is 96.8 cm³/mol. The molecule has 0 radical (unpaired) electrons. The largest absolute Gasteiger partial charge is 0.353 e.